The maximum absolute atomic E-state index is 11.3. The van der Waals surface area contributed by atoms with Crippen LogP contribution in [-0.4, -0.2) is 31.3 Å². The molecule has 18 heavy (non-hydrogen) atoms. The van der Waals surface area contributed by atoms with Gasteiger partial charge in [0.1, 0.15) is 0 Å². The Bertz CT molecular complexity index is 362. The van der Waals surface area contributed by atoms with Crippen LogP contribution in [-0.2, 0) is 4.79 Å². The minimum atomic E-state index is 0. The molecule has 1 rings (SSSR count). The third-order valence-corrected chi connectivity index (χ3v) is 3.72. The number of hydrogen-bond acceptors (Lipinski definition) is 3. The maximum Gasteiger partial charge on any atom is 0.233 e. The Morgan fingerprint density at radius 3 is 2.56 bits per heavy atom. The van der Waals surface area contributed by atoms with Crippen LogP contribution in [0.25, 0.3) is 0 Å². The van der Waals surface area contributed by atoms with E-state index in [4.69, 9.17) is 0 Å². The summed E-state index contributed by atoms with van der Waals surface area (Å²) in [6, 6.07) is 8.19. The normalized spacial score (nSPS) is 11.5. The van der Waals surface area contributed by atoms with E-state index in [0.717, 1.165) is 4.47 Å². The van der Waals surface area contributed by atoms with Crippen molar-refractivity contribution in [3.63, 3.8) is 0 Å². The van der Waals surface area contributed by atoms with Crippen molar-refractivity contribution in [2.75, 3.05) is 20.1 Å². The van der Waals surface area contributed by atoms with Crippen molar-refractivity contribution in [1.82, 2.24) is 10.6 Å². The molecule has 2 N–H and O–H groups in total. The monoisotopic (exact) mass is 352 g/mol. The highest BCUT2D eigenvalue weighted by molar-refractivity contribution is 9.10. The highest BCUT2D eigenvalue weighted by Crippen LogP contribution is 2.24. The van der Waals surface area contributed by atoms with Crippen LogP contribution in [0.4, 0.5) is 0 Å². The second kappa shape index (κ2) is 9.67. The van der Waals surface area contributed by atoms with E-state index in [1.165, 1.54) is 4.90 Å². The summed E-state index contributed by atoms with van der Waals surface area (Å²) < 4.78 is 1.08. The SMILES string of the molecule is CNCC(=O)NCC(C)Sc1ccc(Br)cc1.Cl. The molecule has 0 heterocycles. The fourth-order valence-corrected chi connectivity index (χ4v) is 2.46. The first kappa shape index (κ1) is 17.8. The summed E-state index contributed by atoms with van der Waals surface area (Å²) in [5.41, 5.74) is 0. The topological polar surface area (TPSA) is 41.1 Å². The van der Waals surface area contributed by atoms with Gasteiger partial charge in [0.15, 0.2) is 0 Å². The molecule has 0 saturated heterocycles. The lowest BCUT2D eigenvalue weighted by molar-refractivity contribution is -0.120. The van der Waals surface area contributed by atoms with Gasteiger partial charge < -0.3 is 10.6 Å². The quantitative estimate of drug-likeness (QED) is 0.773. The largest absolute Gasteiger partial charge is 0.354 e. The van der Waals surface area contributed by atoms with Gasteiger partial charge in [0.25, 0.3) is 0 Å². The van der Waals surface area contributed by atoms with E-state index in [9.17, 15) is 4.79 Å². The zero-order valence-electron chi connectivity index (χ0n) is 10.4. The Morgan fingerprint density at radius 2 is 2.00 bits per heavy atom. The lowest BCUT2D eigenvalue weighted by Gasteiger charge is -2.12. The van der Waals surface area contributed by atoms with E-state index >= 15 is 0 Å². The van der Waals surface area contributed by atoms with E-state index in [2.05, 4.69) is 45.6 Å². The van der Waals surface area contributed by atoms with Crippen LogP contribution in [0.1, 0.15) is 6.92 Å². The molecule has 1 atom stereocenters. The number of halogens is 2. The third kappa shape index (κ3) is 7.26. The standard InChI is InChI=1S/C12H17BrN2OS.ClH/c1-9(7-15-12(16)8-14-2)17-11-5-3-10(13)4-6-11;/h3-6,9,14H,7-8H2,1-2H3,(H,15,16);1H. The second-order valence-electron chi connectivity index (χ2n) is 3.72. The van der Waals surface area contributed by atoms with Gasteiger partial charge in [0.2, 0.25) is 5.91 Å². The van der Waals surface area contributed by atoms with Gasteiger partial charge in [-0.2, -0.15) is 0 Å². The number of likely N-dealkylation sites (N-methyl/N-ethyl adjacent to an activating group) is 1. The number of hydrogen-bond donors (Lipinski definition) is 2. The van der Waals surface area contributed by atoms with Crippen LogP contribution >= 0.6 is 40.1 Å². The zero-order chi connectivity index (χ0) is 12.7. The van der Waals surface area contributed by atoms with Gasteiger partial charge in [0.05, 0.1) is 6.54 Å². The molecular formula is C12H18BrClN2OS. The van der Waals surface area contributed by atoms with Crippen molar-refractivity contribution in [1.29, 1.82) is 0 Å². The molecule has 1 aromatic carbocycles. The number of rotatable bonds is 6. The number of carbonyl (C=O) groups is 1. The van der Waals surface area contributed by atoms with Crippen molar-refractivity contribution in [2.45, 2.75) is 17.1 Å². The fraction of sp³-hybridized carbons (Fsp3) is 0.417. The van der Waals surface area contributed by atoms with Gasteiger partial charge >= 0.3 is 0 Å². The van der Waals surface area contributed by atoms with Crippen LogP contribution in [0, 0.1) is 0 Å². The van der Waals surface area contributed by atoms with Gasteiger partial charge in [-0.05, 0) is 31.3 Å². The van der Waals surface area contributed by atoms with Crippen LogP contribution in [0.3, 0.4) is 0 Å². The summed E-state index contributed by atoms with van der Waals surface area (Å²) in [5, 5.41) is 6.06. The highest BCUT2D eigenvalue weighted by Gasteiger charge is 2.06. The van der Waals surface area contributed by atoms with Crippen LogP contribution in [0.5, 0.6) is 0 Å². The third-order valence-electron chi connectivity index (χ3n) is 2.07. The Hall–Kier alpha value is -0.230. The maximum atomic E-state index is 11.3. The van der Waals surface area contributed by atoms with Crippen molar-refractivity contribution in [2.24, 2.45) is 0 Å². The van der Waals surface area contributed by atoms with Gasteiger partial charge in [-0.15, -0.1) is 24.2 Å². The summed E-state index contributed by atoms with van der Waals surface area (Å²) in [6.45, 7) is 3.16. The van der Waals surface area contributed by atoms with Crippen LogP contribution in [0.2, 0.25) is 0 Å². The van der Waals surface area contributed by atoms with Gasteiger partial charge in [-0.25, -0.2) is 0 Å². The Morgan fingerprint density at radius 1 is 1.39 bits per heavy atom. The molecule has 1 aromatic rings. The van der Waals surface area contributed by atoms with Crippen LogP contribution < -0.4 is 10.6 Å². The smallest absolute Gasteiger partial charge is 0.233 e. The molecule has 0 aliphatic carbocycles. The van der Waals surface area contributed by atoms with Crippen molar-refractivity contribution in [3.05, 3.63) is 28.7 Å². The molecule has 1 unspecified atom stereocenters. The molecule has 6 heteroatoms. The van der Waals surface area contributed by atoms with Crippen molar-refractivity contribution >= 4 is 46.0 Å². The minimum absolute atomic E-state index is 0. The van der Waals surface area contributed by atoms with Crippen molar-refractivity contribution < 1.29 is 4.79 Å². The van der Waals surface area contributed by atoms with E-state index in [0.29, 0.717) is 18.3 Å². The Labute approximate surface area is 127 Å². The molecule has 1 amide bonds. The van der Waals surface area contributed by atoms with Crippen molar-refractivity contribution in [3.8, 4) is 0 Å². The highest BCUT2D eigenvalue weighted by atomic mass is 79.9. The molecule has 0 aliphatic heterocycles. The van der Waals surface area contributed by atoms with E-state index < -0.39 is 0 Å². The fourth-order valence-electron chi connectivity index (χ4n) is 1.27. The number of thioether (sulfide) groups is 1. The number of amides is 1. The number of carbonyl (C=O) groups excluding carboxylic acids is 1. The molecule has 0 radical (unpaired) electrons. The minimum Gasteiger partial charge on any atom is -0.354 e. The predicted molar refractivity (Wildman–Crippen MR) is 83.6 cm³/mol. The molecule has 0 spiro atoms. The first-order valence-corrected chi connectivity index (χ1v) is 7.12. The molecule has 0 saturated carbocycles. The summed E-state index contributed by atoms with van der Waals surface area (Å²) in [6.07, 6.45) is 0. The summed E-state index contributed by atoms with van der Waals surface area (Å²) >= 11 is 5.16. The van der Waals surface area contributed by atoms with Crippen LogP contribution in [0.15, 0.2) is 33.6 Å². The van der Waals surface area contributed by atoms with E-state index in [1.54, 1.807) is 18.8 Å². The molecular weight excluding hydrogens is 336 g/mol. The predicted octanol–water partition coefficient (Wildman–Crippen LogP) is 2.69. The van der Waals surface area contributed by atoms with Gasteiger partial charge in [-0.1, -0.05) is 22.9 Å². The van der Waals surface area contributed by atoms with E-state index in [-0.39, 0.29) is 18.3 Å². The zero-order valence-corrected chi connectivity index (χ0v) is 13.6. The number of nitrogens with one attached hydrogen (secondary N) is 2. The Kier molecular flexibility index (Phi) is 9.54. The average molecular weight is 354 g/mol. The first-order valence-electron chi connectivity index (χ1n) is 5.45. The lowest BCUT2D eigenvalue weighted by atomic mass is 10.4. The van der Waals surface area contributed by atoms with Gasteiger partial charge in [-0.3, -0.25) is 4.79 Å². The summed E-state index contributed by atoms with van der Waals surface area (Å²) in [4.78, 5) is 12.5. The molecule has 0 aliphatic rings. The summed E-state index contributed by atoms with van der Waals surface area (Å²) in [5.74, 6) is 0.0377. The van der Waals surface area contributed by atoms with E-state index in [1.807, 2.05) is 12.1 Å². The second-order valence-corrected chi connectivity index (χ2v) is 6.14. The van der Waals surface area contributed by atoms with Gasteiger partial charge in [0, 0.05) is 21.2 Å². The molecule has 0 bridgehead atoms. The first-order chi connectivity index (χ1) is 8.11. The molecule has 0 fully saturated rings. The molecule has 102 valence electrons. The number of benzene rings is 1. The average Bonchev–Trinajstić information content (AvgIpc) is 2.30. The molecule has 3 nitrogen and oxygen atoms in total. The lowest BCUT2D eigenvalue weighted by Crippen LogP contribution is -2.35. The molecule has 0 aromatic heterocycles. The Balaban J connectivity index is 0.00000289. The summed E-state index contributed by atoms with van der Waals surface area (Å²) in [7, 11) is 1.76.